The van der Waals surface area contributed by atoms with E-state index in [-0.39, 0.29) is 18.2 Å². The monoisotopic (exact) mass is 215 g/mol. The van der Waals surface area contributed by atoms with Crippen molar-refractivity contribution < 1.29 is 13.9 Å². The van der Waals surface area contributed by atoms with E-state index in [0.717, 1.165) is 0 Å². The zero-order valence-corrected chi connectivity index (χ0v) is 8.80. The molecule has 84 valence electrons. The average Bonchev–Trinajstić information content (AvgIpc) is 2.15. The van der Waals surface area contributed by atoms with E-state index < -0.39 is 17.7 Å². The summed E-state index contributed by atoms with van der Waals surface area (Å²) in [5.41, 5.74) is -0.103. The van der Waals surface area contributed by atoms with E-state index in [2.05, 4.69) is 5.32 Å². The summed E-state index contributed by atoms with van der Waals surface area (Å²) in [6.45, 7) is 3.36. The second kappa shape index (κ2) is 5.19. The molecular weight excluding hydrogens is 200 g/mol. The van der Waals surface area contributed by atoms with Crippen LogP contribution in [-0.4, -0.2) is 17.8 Å². The largest absolute Gasteiger partial charge is 0.394 e. The Balaban J connectivity index is 3.00. The van der Waals surface area contributed by atoms with Crippen LogP contribution in [0.3, 0.4) is 0 Å². The molecule has 0 amide bonds. The first-order valence-electron chi connectivity index (χ1n) is 4.87. The predicted octanol–water partition coefficient (Wildman–Crippen LogP) is 2.00. The van der Waals surface area contributed by atoms with Crippen LogP contribution >= 0.6 is 0 Å². The lowest BCUT2D eigenvalue weighted by Gasteiger charge is -2.20. The van der Waals surface area contributed by atoms with Gasteiger partial charge in [0.2, 0.25) is 0 Å². The van der Waals surface area contributed by atoms with Gasteiger partial charge in [-0.3, -0.25) is 0 Å². The van der Waals surface area contributed by atoms with Gasteiger partial charge in [-0.15, -0.1) is 0 Å². The summed E-state index contributed by atoms with van der Waals surface area (Å²) in [6, 6.07) is 3.01. The minimum atomic E-state index is -0.703. The Bertz CT molecular complexity index is 308. The standard InChI is InChI=1S/C11H15F2NO/c1-7(2)14-10(6-15)11-8(12)4-3-5-9(11)13/h3-5,7,10,14-15H,6H2,1-2H3. The molecule has 0 aliphatic heterocycles. The van der Waals surface area contributed by atoms with Crippen molar-refractivity contribution in [3.63, 3.8) is 0 Å². The van der Waals surface area contributed by atoms with E-state index in [1.54, 1.807) is 0 Å². The highest BCUT2D eigenvalue weighted by Gasteiger charge is 2.19. The van der Waals surface area contributed by atoms with E-state index in [4.69, 9.17) is 5.11 Å². The maximum atomic E-state index is 13.3. The Morgan fingerprint density at radius 3 is 2.20 bits per heavy atom. The van der Waals surface area contributed by atoms with Gasteiger partial charge in [0.1, 0.15) is 11.6 Å². The number of hydrogen-bond donors (Lipinski definition) is 2. The van der Waals surface area contributed by atoms with Crippen LogP contribution in [-0.2, 0) is 0 Å². The molecule has 1 aromatic carbocycles. The number of nitrogens with one attached hydrogen (secondary N) is 1. The third kappa shape index (κ3) is 2.97. The van der Waals surface area contributed by atoms with Gasteiger partial charge in [0.25, 0.3) is 0 Å². The van der Waals surface area contributed by atoms with E-state index in [1.807, 2.05) is 13.8 Å². The quantitative estimate of drug-likeness (QED) is 0.805. The van der Waals surface area contributed by atoms with Gasteiger partial charge in [0.05, 0.1) is 12.6 Å². The van der Waals surface area contributed by atoms with E-state index in [0.29, 0.717) is 0 Å². The van der Waals surface area contributed by atoms with Crippen LogP contribution in [0.4, 0.5) is 8.78 Å². The number of aliphatic hydroxyl groups excluding tert-OH is 1. The molecule has 0 bridgehead atoms. The molecule has 1 atom stereocenters. The Morgan fingerprint density at radius 1 is 1.27 bits per heavy atom. The van der Waals surface area contributed by atoms with Crippen LogP contribution in [0.5, 0.6) is 0 Å². The first-order chi connectivity index (χ1) is 7.06. The molecule has 0 saturated heterocycles. The van der Waals surface area contributed by atoms with Gasteiger partial charge in [0.15, 0.2) is 0 Å². The molecule has 0 aliphatic carbocycles. The molecule has 2 N–H and O–H groups in total. The Hall–Kier alpha value is -1.00. The Labute approximate surface area is 87.9 Å². The van der Waals surface area contributed by atoms with Crippen molar-refractivity contribution in [1.29, 1.82) is 0 Å². The fraction of sp³-hybridized carbons (Fsp3) is 0.455. The van der Waals surface area contributed by atoms with Crippen molar-refractivity contribution in [3.8, 4) is 0 Å². The van der Waals surface area contributed by atoms with Crippen LogP contribution in [0.15, 0.2) is 18.2 Å². The first-order valence-corrected chi connectivity index (χ1v) is 4.87. The summed E-state index contributed by atoms with van der Waals surface area (Å²) >= 11 is 0. The number of aliphatic hydroxyl groups is 1. The van der Waals surface area contributed by atoms with Crippen LogP contribution in [0.1, 0.15) is 25.5 Å². The molecule has 0 aliphatic rings. The zero-order chi connectivity index (χ0) is 11.4. The predicted molar refractivity (Wildman–Crippen MR) is 54.5 cm³/mol. The van der Waals surface area contributed by atoms with Crippen LogP contribution < -0.4 is 5.32 Å². The lowest BCUT2D eigenvalue weighted by Crippen LogP contribution is -2.31. The van der Waals surface area contributed by atoms with Gasteiger partial charge in [0, 0.05) is 11.6 Å². The van der Waals surface area contributed by atoms with Crippen molar-refractivity contribution in [3.05, 3.63) is 35.4 Å². The third-order valence-corrected chi connectivity index (χ3v) is 2.07. The third-order valence-electron chi connectivity index (χ3n) is 2.07. The van der Waals surface area contributed by atoms with Crippen molar-refractivity contribution in [1.82, 2.24) is 5.32 Å². The molecule has 0 fully saturated rings. The SMILES string of the molecule is CC(C)NC(CO)c1c(F)cccc1F. The normalized spacial score (nSPS) is 13.2. The molecule has 0 saturated carbocycles. The fourth-order valence-corrected chi connectivity index (χ4v) is 1.47. The van der Waals surface area contributed by atoms with Gasteiger partial charge in [-0.1, -0.05) is 19.9 Å². The van der Waals surface area contributed by atoms with E-state index in [1.165, 1.54) is 18.2 Å². The summed E-state index contributed by atoms with van der Waals surface area (Å²) in [5, 5.41) is 12.0. The summed E-state index contributed by atoms with van der Waals surface area (Å²) < 4.78 is 26.7. The highest BCUT2D eigenvalue weighted by molar-refractivity contribution is 5.23. The minimum absolute atomic E-state index is 0.0427. The van der Waals surface area contributed by atoms with E-state index >= 15 is 0 Å². The molecule has 1 unspecified atom stereocenters. The first kappa shape index (κ1) is 12.1. The maximum absolute atomic E-state index is 13.3. The molecular formula is C11H15F2NO. The smallest absolute Gasteiger partial charge is 0.131 e. The lowest BCUT2D eigenvalue weighted by atomic mass is 10.1. The fourth-order valence-electron chi connectivity index (χ4n) is 1.47. The van der Waals surface area contributed by atoms with Crippen molar-refractivity contribution >= 4 is 0 Å². The number of rotatable bonds is 4. The van der Waals surface area contributed by atoms with Gasteiger partial charge < -0.3 is 10.4 Å². The number of hydrogen-bond acceptors (Lipinski definition) is 2. The summed E-state index contributed by atoms with van der Waals surface area (Å²) in [5.74, 6) is -1.27. The van der Waals surface area contributed by atoms with Gasteiger partial charge in [-0.2, -0.15) is 0 Å². The highest BCUT2D eigenvalue weighted by Crippen LogP contribution is 2.20. The molecule has 1 rings (SSSR count). The summed E-state index contributed by atoms with van der Waals surface area (Å²) in [6.07, 6.45) is 0. The molecule has 4 heteroatoms. The van der Waals surface area contributed by atoms with Crippen LogP contribution in [0, 0.1) is 11.6 Å². The summed E-state index contributed by atoms with van der Waals surface area (Å²) in [7, 11) is 0. The van der Waals surface area contributed by atoms with Gasteiger partial charge in [-0.05, 0) is 12.1 Å². The van der Waals surface area contributed by atoms with Crippen molar-refractivity contribution in [2.45, 2.75) is 25.9 Å². The number of halogens is 2. The zero-order valence-electron chi connectivity index (χ0n) is 8.80. The molecule has 0 spiro atoms. The minimum Gasteiger partial charge on any atom is -0.394 e. The second-order valence-electron chi connectivity index (χ2n) is 3.69. The molecule has 0 aromatic heterocycles. The molecule has 1 aromatic rings. The Kier molecular flexibility index (Phi) is 4.17. The lowest BCUT2D eigenvalue weighted by molar-refractivity contribution is 0.231. The van der Waals surface area contributed by atoms with E-state index in [9.17, 15) is 8.78 Å². The molecule has 2 nitrogen and oxygen atoms in total. The van der Waals surface area contributed by atoms with Gasteiger partial charge in [-0.25, -0.2) is 8.78 Å². The second-order valence-corrected chi connectivity index (χ2v) is 3.69. The maximum Gasteiger partial charge on any atom is 0.131 e. The average molecular weight is 215 g/mol. The van der Waals surface area contributed by atoms with Crippen LogP contribution in [0.25, 0.3) is 0 Å². The summed E-state index contributed by atoms with van der Waals surface area (Å²) in [4.78, 5) is 0. The topological polar surface area (TPSA) is 32.3 Å². The molecule has 0 radical (unpaired) electrons. The molecule has 0 heterocycles. The molecule has 15 heavy (non-hydrogen) atoms. The highest BCUT2D eigenvalue weighted by atomic mass is 19.1. The van der Waals surface area contributed by atoms with Crippen molar-refractivity contribution in [2.24, 2.45) is 0 Å². The Morgan fingerprint density at radius 2 is 1.80 bits per heavy atom. The van der Waals surface area contributed by atoms with Crippen LogP contribution in [0.2, 0.25) is 0 Å². The van der Waals surface area contributed by atoms with Gasteiger partial charge >= 0.3 is 0 Å². The number of benzene rings is 1. The van der Waals surface area contributed by atoms with Crippen molar-refractivity contribution in [2.75, 3.05) is 6.61 Å².